The molecule has 0 aliphatic heterocycles. The third kappa shape index (κ3) is 39.7. The molecule has 12 heteroatoms. The van der Waals surface area contributed by atoms with Crippen LogP contribution in [-0.4, -0.2) is 64.9 Å². The minimum atomic E-state index is -4.77. The van der Waals surface area contributed by atoms with Gasteiger partial charge in [-0.25, -0.2) is 9.36 Å². The number of unbranched alkanes of at least 4 members (excludes halogenated alkanes) is 14. The molecule has 0 heterocycles. The molecule has 0 bridgehead atoms. The highest BCUT2D eigenvalue weighted by Gasteiger charge is 2.28. The summed E-state index contributed by atoms with van der Waals surface area (Å²) in [6.07, 6.45) is 47.8. The molecule has 0 aromatic heterocycles. The zero-order valence-electron chi connectivity index (χ0n) is 35.8. The number of aliphatic hydroxyl groups is 1. The van der Waals surface area contributed by atoms with Gasteiger partial charge in [0.15, 0.2) is 6.04 Å². The summed E-state index contributed by atoms with van der Waals surface area (Å²) in [5.74, 6) is -2.43. The second-order valence-corrected chi connectivity index (χ2v) is 16.0. The molecule has 0 rings (SSSR count). The molecule has 58 heavy (non-hydrogen) atoms. The fourth-order valence-electron chi connectivity index (χ4n) is 5.57. The van der Waals surface area contributed by atoms with Gasteiger partial charge in [-0.15, -0.1) is 0 Å². The Bertz CT molecular complexity index is 1260. The van der Waals surface area contributed by atoms with Crippen LogP contribution in [0, 0.1) is 0 Å². The Balaban J connectivity index is 3.98. The number of hydrogen-bond acceptors (Lipinski definition) is 8. The monoisotopic (exact) mass is 836 g/mol. The van der Waals surface area contributed by atoms with E-state index < -0.39 is 57.6 Å². The normalized spacial score (nSPS) is 14.4. The first-order valence-corrected chi connectivity index (χ1v) is 23.5. The SMILES string of the molecule is CC/C=C\C/C=C\C/C=C\C/C=C\C/C=C\CCCCCC(=O)OCC(O)COP(=O)(O)OCC(NC(=O)CCCCCCC/C=C\CCCCCCCC)C(=O)O. The number of carbonyl (C=O) groups excluding carboxylic acids is 2. The Morgan fingerprint density at radius 2 is 1.00 bits per heavy atom. The van der Waals surface area contributed by atoms with Crippen LogP contribution in [0.15, 0.2) is 72.9 Å². The summed E-state index contributed by atoms with van der Waals surface area (Å²) >= 11 is 0. The molecule has 0 aliphatic rings. The lowest BCUT2D eigenvalue weighted by Gasteiger charge is -2.18. The number of aliphatic hydroxyl groups excluding tert-OH is 1. The van der Waals surface area contributed by atoms with Gasteiger partial charge in [-0.1, -0.05) is 145 Å². The van der Waals surface area contributed by atoms with Gasteiger partial charge in [-0.3, -0.25) is 18.6 Å². The summed E-state index contributed by atoms with van der Waals surface area (Å²) in [6, 6.07) is -1.56. The van der Waals surface area contributed by atoms with Crippen LogP contribution < -0.4 is 5.32 Å². The predicted octanol–water partition coefficient (Wildman–Crippen LogP) is 11.3. The molecule has 0 saturated heterocycles. The maximum absolute atomic E-state index is 12.3. The first-order valence-electron chi connectivity index (χ1n) is 22.0. The number of nitrogens with one attached hydrogen (secondary N) is 1. The van der Waals surface area contributed by atoms with Crippen LogP contribution in [0.3, 0.4) is 0 Å². The number of rotatable bonds is 40. The molecule has 0 saturated carbocycles. The fraction of sp³-hybridized carbons (Fsp3) is 0.674. The van der Waals surface area contributed by atoms with Crippen molar-refractivity contribution in [2.24, 2.45) is 0 Å². The lowest BCUT2D eigenvalue weighted by Crippen LogP contribution is -2.43. The predicted molar refractivity (Wildman–Crippen MR) is 235 cm³/mol. The van der Waals surface area contributed by atoms with Crippen molar-refractivity contribution in [2.75, 3.05) is 19.8 Å². The van der Waals surface area contributed by atoms with Gasteiger partial charge in [0, 0.05) is 12.8 Å². The van der Waals surface area contributed by atoms with E-state index in [9.17, 15) is 34.1 Å². The van der Waals surface area contributed by atoms with Crippen molar-refractivity contribution >= 4 is 25.7 Å². The highest BCUT2D eigenvalue weighted by molar-refractivity contribution is 7.47. The molecule has 3 unspecified atom stereocenters. The molecular formula is C46H78NO10P. The number of allylic oxidation sites excluding steroid dienone is 12. The summed E-state index contributed by atoms with van der Waals surface area (Å²) in [6.45, 7) is 2.42. The summed E-state index contributed by atoms with van der Waals surface area (Å²) in [7, 11) is -4.77. The Morgan fingerprint density at radius 1 is 0.569 bits per heavy atom. The van der Waals surface area contributed by atoms with E-state index in [4.69, 9.17) is 13.8 Å². The van der Waals surface area contributed by atoms with E-state index in [1.165, 1.54) is 38.5 Å². The van der Waals surface area contributed by atoms with E-state index in [-0.39, 0.29) is 12.8 Å². The minimum absolute atomic E-state index is 0.130. The van der Waals surface area contributed by atoms with Gasteiger partial charge < -0.3 is 25.2 Å². The molecule has 0 spiro atoms. The largest absolute Gasteiger partial charge is 0.480 e. The first kappa shape index (κ1) is 54.9. The molecule has 332 valence electrons. The highest BCUT2D eigenvalue weighted by atomic mass is 31.2. The Labute approximate surface area is 350 Å². The van der Waals surface area contributed by atoms with Crippen molar-refractivity contribution in [3.8, 4) is 0 Å². The molecule has 0 aromatic rings. The maximum Gasteiger partial charge on any atom is 0.472 e. The van der Waals surface area contributed by atoms with Gasteiger partial charge in [0.2, 0.25) is 5.91 Å². The molecule has 3 atom stereocenters. The van der Waals surface area contributed by atoms with Crippen LogP contribution in [0.4, 0.5) is 0 Å². The van der Waals surface area contributed by atoms with Gasteiger partial charge in [-0.2, -0.15) is 0 Å². The average Bonchev–Trinajstić information content (AvgIpc) is 3.20. The molecule has 1 amide bonds. The number of carboxylic acids is 1. The van der Waals surface area contributed by atoms with E-state index in [1.807, 2.05) is 0 Å². The Morgan fingerprint density at radius 3 is 1.53 bits per heavy atom. The number of carboxylic acid groups (broad SMARTS) is 1. The summed E-state index contributed by atoms with van der Waals surface area (Å²) in [4.78, 5) is 45.9. The lowest BCUT2D eigenvalue weighted by atomic mass is 10.1. The third-order valence-electron chi connectivity index (χ3n) is 8.98. The van der Waals surface area contributed by atoms with Crippen molar-refractivity contribution in [3.63, 3.8) is 0 Å². The van der Waals surface area contributed by atoms with Crippen LogP contribution in [0.25, 0.3) is 0 Å². The number of carbonyl (C=O) groups is 3. The molecule has 0 aromatic carbocycles. The highest BCUT2D eigenvalue weighted by Crippen LogP contribution is 2.43. The fourth-order valence-corrected chi connectivity index (χ4v) is 6.34. The Kier molecular flexibility index (Phi) is 38.5. The van der Waals surface area contributed by atoms with Crippen LogP contribution in [0.5, 0.6) is 0 Å². The van der Waals surface area contributed by atoms with Gasteiger partial charge in [0.1, 0.15) is 12.7 Å². The maximum atomic E-state index is 12.3. The molecule has 11 nitrogen and oxygen atoms in total. The van der Waals surface area contributed by atoms with Crippen molar-refractivity contribution in [2.45, 2.75) is 180 Å². The van der Waals surface area contributed by atoms with Crippen LogP contribution in [0.2, 0.25) is 0 Å². The summed E-state index contributed by atoms with van der Waals surface area (Å²) < 4.78 is 26.8. The first-order chi connectivity index (χ1) is 28.1. The van der Waals surface area contributed by atoms with Crippen LogP contribution in [0.1, 0.15) is 168 Å². The lowest BCUT2D eigenvalue weighted by molar-refractivity contribution is -0.147. The molecule has 4 N–H and O–H groups in total. The summed E-state index contributed by atoms with van der Waals surface area (Å²) in [5, 5.41) is 21.8. The second kappa shape index (κ2) is 40.7. The van der Waals surface area contributed by atoms with Crippen molar-refractivity contribution < 1.29 is 47.8 Å². The van der Waals surface area contributed by atoms with E-state index in [2.05, 4.69) is 92.1 Å². The molecule has 0 aliphatic carbocycles. The number of esters is 1. The topological polar surface area (TPSA) is 169 Å². The van der Waals surface area contributed by atoms with Crippen LogP contribution >= 0.6 is 7.82 Å². The number of aliphatic carboxylic acids is 1. The quantitative estimate of drug-likeness (QED) is 0.0202. The summed E-state index contributed by atoms with van der Waals surface area (Å²) in [5.41, 5.74) is 0. The zero-order valence-corrected chi connectivity index (χ0v) is 36.7. The Hall–Kier alpha value is -3.08. The van der Waals surface area contributed by atoms with Crippen molar-refractivity contribution in [3.05, 3.63) is 72.9 Å². The number of phosphoric ester groups is 1. The second-order valence-electron chi connectivity index (χ2n) is 14.5. The smallest absolute Gasteiger partial charge is 0.472 e. The average molecular weight is 836 g/mol. The van der Waals surface area contributed by atoms with Gasteiger partial charge in [-0.05, 0) is 83.5 Å². The van der Waals surface area contributed by atoms with E-state index >= 15 is 0 Å². The standard InChI is InChI=1S/C46H78NO10P/c1-3-5-7-9-11-13-15-17-19-20-21-22-24-26-28-30-32-34-36-38-45(50)55-39-42(48)40-56-58(53,54)57-41-43(46(51)52)47-44(49)37-35-33-31-29-27-25-23-18-16-14-12-10-8-6-4-2/h5,7,11,13,17-19,21-23,26,28,42-43,48H,3-4,6,8-10,12,14-16,20,24-25,27,29-41H2,1-2H3,(H,47,49)(H,51,52)(H,53,54)/b7-5-,13-11-,19-17-,22-21-,23-18-,28-26-. The minimum Gasteiger partial charge on any atom is -0.480 e. The third-order valence-corrected chi connectivity index (χ3v) is 9.93. The molecule has 0 radical (unpaired) electrons. The van der Waals surface area contributed by atoms with E-state index in [0.29, 0.717) is 12.8 Å². The van der Waals surface area contributed by atoms with E-state index in [1.54, 1.807) is 0 Å². The zero-order chi connectivity index (χ0) is 42.8. The van der Waals surface area contributed by atoms with E-state index in [0.717, 1.165) is 89.9 Å². The number of hydrogen-bond donors (Lipinski definition) is 4. The van der Waals surface area contributed by atoms with Gasteiger partial charge in [0.05, 0.1) is 13.2 Å². The van der Waals surface area contributed by atoms with Gasteiger partial charge in [0.25, 0.3) is 0 Å². The number of amides is 1. The molecular weight excluding hydrogens is 757 g/mol. The van der Waals surface area contributed by atoms with Crippen molar-refractivity contribution in [1.82, 2.24) is 5.32 Å². The number of ether oxygens (including phenoxy) is 1. The van der Waals surface area contributed by atoms with Crippen molar-refractivity contribution in [1.29, 1.82) is 0 Å². The number of phosphoric acid groups is 1. The molecule has 0 fully saturated rings. The van der Waals surface area contributed by atoms with Gasteiger partial charge >= 0.3 is 19.8 Å². The van der Waals surface area contributed by atoms with Crippen LogP contribution in [-0.2, 0) is 32.7 Å².